The zero-order chi connectivity index (χ0) is 13.7. The molecule has 0 atom stereocenters. The standard InChI is InChI=1S/C14H11Cl2NS2/c15-11-3-1-10(2-4-11)9-19-14(18)17-13-7-5-12(16)6-8-13/h1-8H,9H2,(H,17,18). The number of thiocarbonyl (C=S) groups is 1. The average Bonchev–Trinajstić information content (AvgIpc) is 2.41. The summed E-state index contributed by atoms with van der Waals surface area (Å²) in [5, 5.41) is 4.62. The molecule has 0 radical (unpaired) electrons. The van der Waals surface area contributed by atoms with Crippen molar-refractivity contribution >= 4 is 57.2 Å². The smallest absolute Gasteiger partial charge is 0.138 e. The van der Waals surface area contributed by atoms with E-state index in [1.807, 2.05) is 48.5 Å². The third-order valence-corrected chi connectivity index (χ3v) is 4.18. The van der Waals surface area contributed by atoms with Crippen molar-refractivity contribution in [3.8, 4) is 0 Å². The molecular formula is C14H11Cl2NS2. The predicted molar refractivity (Wildman–Crippen MR) is 90.4 cm³/mol. The second kappa shape index (κ2) is 7.15. The Balaban J connectivity index is 1.84. The predicted octanol–water partition coefficient (Wildman–Crippen LogP) is 5.62. The topological polar surface area (TPSA) is 12.0 Å². The maximum atomic E-state index is 5.84. The summed E-state index contributed by atoms with van der Waals surface area (Å²) in [5.41, 5.74) is 2.13. The minimum absolute atomic E-state index is 0.713. The van der Waals surface area contributed by atoms with Crippen LogP contribution in [-0.4, -0.2) is 4.32 Å². The Bertz CT molecular complexity index is 553. The summed E-state index contributed by atoms with van der Waals surface area (Å²) in [4.78, 5) is 0. The molecule has 2 aromatic carbocycles. The molecule has 2 aromatic rings. The molecule has 0 amide bonds. The minimum Gasteiger partial charge on any atom is -0.341 e. The number of rotatable bonds is 3. The number of hydrogen-bond donors (Lipinski definition) is 1. The summed E-state index contributed by atoms with van der Waals surface area (Å²) in [5.74, 6) is 0.816. The Kier molecular flexibility index (Phi) is 5.52. The molecule has 0 aliphatic carbocycles. The van der Waals surface area contributed by atoms with Gasteiger partial charge in [-0.25, -0.2) is 0 Å². The number of anilines is 1. The van der Waals surface area contributed by atoms with Crippen molar-refractivity contribution in [3.63, 3.8) is 0 Å². The summed E-state index contributed by atoms with van der Waals surface area (Å²) in [6.07, 6.45) is 0. The summed E-state index contributed by atoms with van der Waals surface area (Å²) in [6.45, 7) is 0. The van der Waals surface area contributed by atoms with Gasteiger partial charge in [0.05, 0.1) is 0 Å². The van der Waals surface area contributed by atoms with Gasteiger partial charge in [-0.15, -0.1) is 0 Å². The van der Waals surface area contributed by atoms with E-state index in [4.69, 9.17) is 35.4 Å². The van der Waals surface area contributed by atoms with Crippen molar-refractivity contribution in [3.05, 3.63) is 64.1 Å². The van der Waals surface area contributed by atoms with Gasteiger partial charge < -0.3 is 5.32 Å². The average molecular weight is 328 g/mol. The fraction of sp³-hybridized carbons (Fsp3) is 0.0714. The van der Waals surface area contributed by atoms with Crippen LogP contribution in [0.15, 0.2) is 48.5 Å². The molecule has 0 aromatic heterocycles. The fourth-order valence-electron chi connectivity index (χ4n) is 1.42. The van der Waals surface area contributed by atoms with Crippen molar-refractivity contribution in [2.24, 2.45) is 0 Å². The number of benzene rings is 2. The van der Waals surface area contributed by atoms with E-state index in [9.17, 15) is 0 Å². The van der Waals surface area contributed by atoms with Crippen molar-refractivity contribution < 1.29 is 0 Å². The molecule has 0 saturated carbocycles. The number of nitrogens with one attached hydrogen (secondary N) is 1. The maximum absolute atomic E-state index is 5.84. The molecule has 19 heavy (non-hydrogen) atoms. The summed E-state index contributed by atoms with van der Waals surface area (Å²) in [6, 6.07) is 15.2. The minimum atomic E-state index is 0.713. The van der Waals surface area contributed by atoms with Crippen LogP contribution in [0, 0.1) is 0 Å². The first-order chi connectivity index (χ1) is 9.13. The second-order valence-electron chi connectivity index (χ2n) is 3.83. The van der Waals surface area contributed by atoms with Crippen LogP contribution in [0.4, 0.5) is 5.69 Å². The summed E-state index contributed by atoms with van der Waals surface area (Å²) >= 11 is 18.5. The van der Waals surface area contributed by atoms with Crippen molar-refractivity contribution in [1.29, 1.82) is 0 Å². The SMILES string of the molecule is S=C(Nc1ccc(Cl)cc1)SCc1ccc(Cl)cc1. The highest BCUT2D eigenvalue weighted by molar-refractivity contribution is 8.22. The van der Waals surface area contributed by atoms with Crippen molar-refractivity contribution in [1.82, 2.24) is 0 Å². The molecule has 2 rings (SSSR count). The highest BCUT2D eigenvalue weighted by Crippen LogP contribution is 2.19. The van der Waals surface area contributed by atoms with Gasteiger partial charge in [0.2, 0.25) is 0 Å². The zero-order valence-electron chi connectivity index (χ0n) is 9.90. The molecule has 5 heteroatoms. The van der Waals surface area contributed by atoms with Gasteiger partial charge in [-0.1, -0.05) is 59.3 Å². The molecular weight excluding hydrogens is 317 g/mol. The Morgan fingerprint density at radius 1 is 0.947 bits per heavy atom. The van der Waals surface area contributed by atoms with Crippen LogP contribution >= 0.6 is 47.2 Å². The first-order valence-corrected chi connectivity index (χ1v) is 7.72. The zero-order valence-corrected chi connectivity index (χ0v) is 13.0. The van der Waals surface area contributed by atoms with Crippen LogP contribution < -0.4 is 5.32 Å². The third-order valence-electron chi connectivity index (χ3n) is 2.37. The largest absolute Gasteiger partial charge is 0.341 e. The molecule has 0 saturated heterocycles. The van der Waals surface area contributed by atoms with Gasteiger partial charge in [0.1, 0.15) is 4.32 Å². The Labute approximate surface area is 132 Å². The third kappa shape index (κ3) is 5.03. The molecule has 0 aliphatic rings. The van der Waals surface area contributed by atoms with Crippen molar-refractivity contribution in [2.75, 3.05) is 5.32 Å². The molecule has 1 nitrogen and oxygen atoms in total. The van der Waals surface area contributed by atoms with Gasteiger partial charge in [0.15, 0.2) is 0 Å². The lowest BCUT2D eigenvalue weighted by Crippen LogP contribution is -2.04. The van der Waals surface area contributed by atoms with Gasteiger partial charge in [0.25, 0.3) is 0 Å². The van der Waals surface area contributed by atoms with E-state index < -0.39 is 0 Å². The normalized spacial score (nSPS) is 10.2. The quantitative estimate of drug-likeness (QED) is 0.734. The number of thioether (sulfide) groups is 1. The van der Waals surface area contributed by atoms with Crippen LogP contribution in [-0.2, 0) is 5.75 Å². The number of halogens is 2. The van der Waals surface area contributed by atoms with E-state index in [0.717, 1.165) is 20.8 Å². The van der Waals surface area contributed by atoms with Gasteiger partial charge in [-0.2, -0.15) is 0 Å². The molecule has 0 unspecified atom stereocenters. The molecule has 0 bridgehead atoms. The lowest BCUT2D eigenvalue weighted by atomic mass is 10.2. The Morgan fingerprint density at radius 3 is 2.05 bits per heavy atom. The molecule has 0 fully saturated rings. The van der Waals surface area contributed by atoms with Gasteiger partial charge in [-0.3, -0.25) is 0 Å². The maximum Gasteiger partial charge on any atom is 0.138 e. The molecule has 0 spiro atoms. The van der Waals surface area contributed by atoms with E-state index in [2.05, 4.69) is 5.32 Å². The van der Waals surface area contributed by atoms with Crippen LogP contribution in [0.25, 0.3) is 0 Å². The van der Waals surface area contributed by atoms with E-state index in [-0.39, 0.29) is 0 Å². The van der Waals surface area contributed by atoms with E-state index in [1.54, 1.807) is 11.8 Å². The second-order valence-corrected chi connectivity index (χ2v) is 6.36. The molecule has 98 valence electrons. The first-order valence-electron chi connectivity index (χ1n) is 5.57. The van der Waals surface area contributed by atoms with Gasteiger partial charge in [-0.05, 0) is 42.0 Å². The van der Waals surface area contributed by atoms with Gasteiger partial charge >= 0.3 is 0 Å². The fourth-order valence-corrected chi connectivity index (χ4v) is 2.64. The monoisotopic (exact) mass is 327 g/mol. The molecule has 0 heterocycles. The van der Waals surface area contributed by atoms with Crippen LogP contribution in [0.5, 0.6) is 0 Å². The van der Waals surface area contributed by atoms with E-state index in [1.165, 1.54) is 5.56 Å². The Hall–Kier alpha value is -0.740. The summed E-state index contributed by atoms with van der Waals surface area (Å²) < 4.78 is 0.734. The molecule has 1 N–H and O–H groups in total. The lowest BCUT2D eigenvalue weighted by Gasteiger charge is -2.07. The van der Waals surface area contributed by atoms with E-state index >= 15 is 0 Å². The Morgan fingerprint density at radius 2 is 1.47 bits per heavy atom. The van der Waals surface area contributed by atoms with Crippen LogP contribution in [0.3, 0.4) is 0 Å². The highest BCUT2D eigenvalue weighted by Gasteiger charge is 2.00. The van der Waals surface area contributed by atoms with Crippen LogP contribution in [0.2, 0.25) is 10.0 Å². The molecule has 0 aliphatic heterocycles. The van der Waals surface area contributed by atoms with Gasteiger partial charge in [0, 0.05) is 21.5 Å². The van der Waals surface area contributed by atoms with E-state index in [0.29, 0.717) is 5.02 Å². The highest BCUT2D eigenvalue weighted by atomic mass is 35.5. The van der Waals surface area contributed by atoms with Crippen molar-refractivity contribution in [2.45, 2.75) is 5.75 Å². The first kappa shape index (κ1) is 14.7. The lowest BCUT2D eigenvalue weighted by molar-refractivity contribution is 1.42. The van der Waals surface area contributed by atoms with Crippen LogP contribution in [0.1, 0.15) is 5.56 Å². The summed E-state index contributed by atoms with van der Waals surface area (Å²) in [7, 11) is 0. The number of hydrogen-bond acceptors (Lipinski definition) is 2.